The van der Waals surface area contributed by atoms with Crippen LogP contribution in [0.3, 0.4) is 0 Å². The molecule has 2 aromatic heterocycles. The Balaban J connectivity index is 0.00000420. The van der Waals surface area contributed by atoms with Crippen LogP contribution in [0, 0.1) is 5.92 Å². The second-order valence-electron chi connectivity index (χ2n) is 7.04. The Labute approximate surface area is 191 Å². The van der Waals surface area contributed by atoms with Gasteiger partial charge in [-0.15, -0.1) is 24.0 Å². The van der Waals surface area contributed by atoms with Gasteiger partial charge in [-0.25, -0.2) is 0 Å². The third-order valence-electron chi connectivity index (χ3n) is 4.85. The van der Waals surface area contributed by atoms with Crippen molar-refractivity contribution in [2.75, 3.05) is 19.6 Å². The molecule has 29 heavy (non-hydrogen) atoms. The van der Waals surface area contributed by atoms with E-state index in [1.165, 1.54) is 19.3 Å². The van der Waals surface area contributed by atoms with Crippen molar-refractivity contribution in [3.05, 3.63) is 54.2 Å². The van der Waals surface area contributed by atoms with Crippen LogP contribution in [0.4, 0.5) is 0 Å². The highest BCUT2D eigenvalue weighted by Crippen LogP contribution is 2.13. The Morgan fingerprint density at radius 2 is 2.00 bits per heavy atom. The summed E-state index contributed by atoms with van der Waals surface area (Å²) in [6.45, 7) is 6.34. The van der Waals surface area contributed by atoms with Gasteiger partial charge in [0.15, 0.2) is 5.96 Å². The Morgan fingerprint density at radius 3 is 2.66 bits per heavy atom. The molecule has 0 radical (unpaired) electrons. The summed E-state index contributed by atoms with van der Waals surface area (Å²) in [7, 11) is 0. The van der Waals surface area contributed by atoms with Gasteiger partial charge in [0.2, 0.25) is 0 Å². The summed E-state index contributed by atoms with van der Waals surface area (Å²) in [5.74, 6) is 2.27. The standard InChI is InChI=1S/C22H34N4O2.HI/c1-3-5-7-18(4-2)16-25-22(24-14-11-20-8-6-15-28-20)26-17-21(27)19-9-12-23-13-10-19;/h6,8-10,12-13,15,18,21,27H,3-5,7,11,14,16-17H2,1-2H3,(H2,24,25,26);1H. The van der Waals surface area contributed by atoms with Crippen molar-refractivity contribution in [1.29, 1.82) is 0 Å². The van der Waals surface area contributed by atoms with Gasteiger partial charge in [-0.2, -0.15) is 0 Å². The van der Waals surface area contributed by atoms with Crippen LogP contribution in [0.1, 0.15) is 57.0 Å². The maximum atomic E-state index is 10.4. The van der Waals surface area contributed by atoms with E-state index in [2.05, 4.69) is 29.5 Å². The minimum Gasteiger partial charge on any atom is -0.469 e. The maximum absolute atomic E-state index is 10.4. The van der Waals surface area contributed by atoms with E-state index in [0.29, 0.717) is 12.5 Å². The van der Waals surface area contributed by atoms with Gasteiger partial charge in [-0.05, 0) is 42.2 Å². The van der Waals surface area contributed by atoms with Crippen LogP contribution in [0.15, 0.2) is 52.3 Å². The molecule has 0 aliphatic heterocycles. The van der Waals surface area contributed by atoms with Gasteiger partial charge >= 0.3 is 0 Å². The van der Waals surface area contributed by atoms with Crippen molar-refractivity contribution < 1.29 is 9.52 Å². The lowest BCUT2D eigenvalue weighted by atomic mass is 10.00. The fraction of sp³-hybridized carbons (Fsp3) is 0.545. The van der Waals surface area contributed by atoms with Crippen molar-refractivity contribution >= 4 is 29.9 Å². The van der Waals surface area contributed by atoms with E-state index >= 15 is 0 Å². The number of aliphatic imine (C=N–C) groups is 1. The van der Waals surface area contributed by atoms with Crippen LogP contribution in [0.2, 0.25) is 0 Å². The summed E-state index contributed by atoms with van der Waals surface area (Å²) in [6, 6.07) is 7.51. The first-order chi connectivity index (χ1) is 13.7. The average molecular weight is 514 g/mol. The first kappa shape index (κ1) is 25.4. The van der Waals surface area contributed by atoms with Crippen LogP contribution < -0.4 is 10.6 Å². The fourth-order valence-electron chi connectivity index (χ4n) is 2.97. The Bertz CT molecular complexity index is 665. The molecular weight excluding hydrogens is 479 g/mol. The van der Waals surface area contributed by atoms with Crippen molar-refractivity contribution in [2.45, 2.75) is 52.1 Å². The van der Waals surface area contributed by atoms with Gasteiger partial charge in [0.25, 0.3) is 0 Å². The van der Waals surface area contributed by atoms with Crippen molar-refractivity contribution in [3.63, 3.8) is 0 Å². The molecule has 2 atom stereocenters. The fourth-order valence-corrected chi connectivity index (χ4v) is 2.97. The number of furan rings is 1. The van der Waals surface area contributed by atoms with Gasteiger partial charge in [0.1, 0.15) is 5.76 Å². The molecule has 0 saturated carbocycles. The van der Waals surface area contributed by atoms with Gasteiger partial charge in [-0.3, -0.25) is 9.98 Å². The van der Waals surface area contributed by atoms with E-state index < -0.39 is 6.10 Å². The normalized spacial score (nSPS) is 13.4. The number of hydrogen-bond acceptors (Lipinski definition) is 4. The number of nitrogens with zero attached hydrogens (tertiary/aromatic N) is 2. The lowest BCUT2D eigenvalue weighted by Crippen LogP contribution is -2.40. The molecule has 0 aromatic carbocycles. The number of aliphatic hydroxyl groups is 1. The van der Waals surface area contributed by atoms with Crippen LogP contribution in [-0.4, -0.2) is 35.7 Å². The van der Waals surface area contributed by atoms with E-state index in [0.717, 1.165) is 43.2 Å². The highest BCUT2D eigenvalue weighted by molar-refractivity contribution is 14.0. The van der Waals surface area contributed by atoms with E-state index in [-0.39, 0.29) is 24.0 Å². The largest absolute Gasteiger partial charge is 0.469 e. The van der Waals surface area contributed by atoms with Crippen molar-refractivity contribution in [1.82, 2.24) is 15.6 Å². The van der Waals surface area contributed by atoms with Crippen LogP contribution >= 0.6 is 24.0 Å². The summed E-state index contributed by atoms with van der Waals surface area (Å²) in [5, 5.41) is 17.0. The van der Waals surface area contributed by atoms with E-state index in [1.807, 2.05) is 24.3 Å². The van der Waals surface area contributed by atoms with Crippen molar-refractivity contribution in [2.24, 2.45) is 10.9 Å². The highest BCUT2D eigenvalue weighted by Gasteiger charge is 2.10. The molecule has 0 spiro atoms. The number of guanidine groups is 1. The molecule has 0 saturated heterocycles. The maximum Gasteiger partial charge on any atom is 0.191 e. The molecule has 2 unspecified atom stereocenters. The lowest BCUT2D eigenvalue weighted by Gasteiger charge is -2.17. The number of rotatable bonds is 12. The molecule has 2 rings (SSSR count). The topological polar surface area (TPSA) is 82.7 Å². The smallest absolute Gasteiger partial charge is 0.191 e. The predicted octanol–water partition coefficient (Wildman–Crippen LogP) is 4.32. The predicted molar refractivity (Wildman–Crippen MR) is 129 cm³/mol. The molecule has 162 valence electrons. The number of aromatic nitrogens is 1. The molecule has 6 nitrogen and oxygen atoms in total. The number of unbranched alkanes of at least 4 members (excludes halogenated alkanes) is 1. The number of halogens is 1. The van der Waals surface area contributed by atoms with Gasteiger partial charge in [0.05, 0.1) is 12.4 Å². The zero-order valence-electron chi connectivity index (χ0n) is 17.5. The van der Waals surface area contributed by atoms with Gasteiger partial charge in [-0.1, -0.05) is 33.1 Å². The zero-order chi connectivity index (χ0) is 20.0. The first-order valence-electron chi connectivity index (χ1n) is 10.4. The molecule has 0 aliphatic carbocycles. The summed E-state index contributed by atoms with van der Waals surface area (Å²) in [6.07, 6.45) is 10.0. The molecule has 3 N–H and O–H groups in total. The molecular formula is C22H35IN4O2. The van der Waals surface area contributed by atoms with Gasteiger partial charge < -0.3 is 20.2 Å². The minimum absolute atomic E-state index is 0. The number of aliphatic hydroxyl groups excluding tert-OH is 1. The Hall–Kier alpha value is -1.61. The van der Waals surface area contributed by atoms with Crippen LogP contribution in [0.25, 0.3) is 0 Å². The second-order valence-corrected chi connectivity index (χ2v) is 7.04. The zero-order valence-corrected chi connectivity index (χ0v) is 19.8. The van der Waals surface area contributed by atoms with E-state index in [4.69, 9.17) is 9.41 Å². The molecule has 0 amide bonds. The summed E-state index contributed by atoms with van der Waals surface area (Å²) >= 11 is 0. The number of pyridine rings is 1. The second kappa shape index (κ2) is 15.3. The Morgan fingerprint density at radius 1 is 1.21 bits per heavy atom. The number of nitrogens with one attached hydrogen (secondary N) is 2. The van der Waals surface area contributed by atoms with E-state index in [9.17, 15) is 5.11 Å². The quantitative estimate of drug-likeness (QED) is 0.223. The molecule has 0 fully saturated rings. The lowest BCUT2D eigenvalue weighted by molar-refractivity contribution is 0.180. The minimum atomic E-state index is -0.609. The van der Waals surface area contributed by atoms with Crippen LogP contribution in [0.5, 0.6) is 0 Å². The third kappa shape index (κ3) is 10.1. The molecule has 0 aliphatic rings. The monoisotopic (exact) mass is 514 g/mol. The molecule has 0 bridgehead atoms. The SMILES string of the molecule is CCCCC(CC)CN=C(NCCc1ccco1)NCC(O)c1ccncc1.I. The van der Waals surface area contributed by atoms with Gasteiger partial charge in [0, 0.05) is 38.4 Å². The third-order valence-corrected chi connectivity index (χ3v) is 4.85. The first-order valence-corrected chi connectivity index (χ1v) is 10.4. The van der Waals surface area contributed by atoms with E-state index in [1.54, 1.807) is 18.7 Å². The van der Waals surface area contributed by atoms with Crippen LogP contribution in [-0.2, 0) is 6.42 Å². The molecule has 2 aromatic rings. The Kier molecular flexibility index (Phi) is 13.4. The summed E-state index contributed by atoms with van der Waals surface area (Å²) in [5.41, 5.74) is 0.840. The highest BCUT2D eigenvalue weighted by atomic mass is 127. The summed E-state index contributed by atoms with van der Waals surface area (Å²) < 4.78 is 5.39. The molecule has 7 heteroatoms. The van der Waals surface area contributed by atoms with Crippen molar-refractivity contribution in [3.8, 4) is 0 Å². The number of hydrogen-bond donors (Lipinski definition) is 3. The molecule has 2 heterocycles. The summed E-state index contributed by atoms with van der Waals surface area (Å²) in [4.78, 5) is 8.77. The average Bonchev–Trinajstić information content (AvgIpc) is 3.25.